The lowest BCUT2D eigenvalue weighted by Crippen LogP contribution is -2.62. The van der Waals surface area contributed by atoms with Crippen molar-refractivity contribution < 1.29 is 4.74 Å². The molecule has 0 unspecified atom stereocenters. The van der Waals surface area contributed by atoms with E-state index in [1.165, 1.54) is 0 Å². The molecule has 0 bridgehead atoms. The van der Waals surface area contributed by atoms with Gasteiger partial charge in [-0.05, 0) is 70.9 Å². The number of hydrogen-bond acceptors (Lipinski definition) is 6. The van der Waals surface area contributed by atoms with Gasteiger partial charge < -0.3 is 15.0 Å². The third-order valence-electron chi connectivity index (χ3n) is 6.01. The average molecular weight is 440 g/mol. The van der Waals surface area contributed by atoms with Gasteiger partial charge in [0.2, 0.25) is 0 Å². The van der Waals surface area contributed by atoms with E-state index in [1.54, 1.807) is 19.4 Å². The minimum atomic E-state index is 0.0702. The Morgan fingerprint density at radius 3 is 2.39 bits per heavy atom. The standard InChI is InChI=1S/C24H30ClN5O/c1-23(2)13-15(14-24(3,4)29-23)30(5)22-8-7-19(27-28-22)17-11-20-16(12-21(17)31-6)18(25)9-10-26-20/h7-12,15,29H,13-14H2,1-6H3. The maximum absolute atomic E-state index is 6.32. The fourth-order valence-corrected chi connectivity index (χ4v) is 5.10. The second-order valence-corrected chi connectivity index (χ2v) is 10.1. The first-order chi connectivity index (χ1) is 14.6. The highest BCUT2D eigenvalue weighted by atomic mass is 35.5. The quantitative estimate of drug-likeness (QED) is 0.610. The fourth-order valence-electron chi connectivity index (χ4n) is 4.89. The van der Waals surface area contributed by atoms with Crippen LogP contribution < -0.4 is 15.0 Å². The maximum atomic E-state index is 6.32. The van der Waals surface area contributed by atoms with Gasteiger partial charge in [-0.15, -0.1) is 10.2 Å². The summed E-state index contributed by atoms with van der Waals surface area (Å²) in [7, 11) is 3.75. The Morgan fingerprint density at radius 2 is 1.77 bits per heavy atom. The maximum Gasteiger partial charge on any atom is 0.151 e. The van der Waals surface area contributed by atoms with E-state index in [0.717, 1.165) is 40.8 Å². The Balaban J connectivity index is 1.64. The summed E-state index contributed by atoms with van der Waals surface area (Å²) < 4.78 is 5.61. The minimum Gasteiger partial charge on any atom is -0.496 e. The van der Waals surface area contributed by atoms with Gasteiger partial charge in [-0.2, -0.15) is 0 Å². The van der Waals surface area contributed by atoms with E-state index in [2.05, 4.69) is 60.1 Å². The summed E-state index contributed by atoms with van der Waals surface area (Å²) in [4.78, 5) is 6.69. The first-order valence-corrected chi connectivity index (χ1v) is 10.9. The van der Waals surface area contributed by atoms with E-state index in [1.807, 2.05) is 24.3 Å². The monoisotopic (exact) mass is 439 g/mol. The summed E-state index contributed by atoms with van der Waals surface area (Å²) >= 11 is 6.32. The Hall–Kier alpha value is -2.44. The summed E-state index contributed by atoms with van der Waals surface area (Å²) in [5, 5.41) is 14.3. The highest BCUT2D eigenvalue weighted by Crippen LogP contribution is 2.36. The Bertz CT molecular complexity index is 1080. The number of halogens is 1. The number of pyridine rings is 1. The van der Waals surface area contributed by atoms with E-state index in [0.29, 0.717) is 16.8 Å². The molecule has 3 heterocycles. The number of aromatic nitrogens is 3. The zero-order valence-electron chi connectivity index (χ0n) is 19.0. The molecule has 0 spiro atoms. The summed E-state index contributed by atoms with van der Waals surface area (Å²) in [6.45, 7) is 9.04. The van der Waals surface area contributed by atoms with Crippen molar-refractivity contribution in [1.82, 2.24) is 20.5 Å². The van der Waals surface area contributed by atoms with Crippen LogP contribution in [0.1, 0.15) is 40.5 Å². The van der Waals surface area contributed by atoms with Crippen molar-refractivity contribution in [3.05, 3.63) is 41.6 Å². The molecule has 4 rings (SSSR count). The van der Waals surface area contributed by atoms with Crippen LogP contribution in [0.4, 0.5) is 5.82 Å². The molecule has 1 N–H and O–H groups in total. The molecule has 7 heteroatoms. The molecule has 2 aromatic heterocycles. The zero-order chi connectivity index (χ0) is 22.4. The second kappa shape index (κ2) is 7.92. The molecular weight excluding hydrogens is 410 g/mol. The normalized spacial score (nSPS) is 18.2. The van der Waals surface area contributed by atoms with Crippen LogP contribution in [0, 0.1) is 0 Å². The van der Waals surface area contributed by atoms with Crippen molar-refractivity contribution in [1.29, 1.82) is 0 Å². The molecule has 3 aromatic rings. The number of nitrogens with one attached hydrogen (secondary N) is 1. The molecular formula is C24H30ClN5O. The highest BCUT2D eigenvalue weighted by Gasteiger charge is 2.39. The number of benzene rings is 1. The van der Waals surface area contributed by atoms with E-state index in [9.17, 15) is 0 Å². The van der Waals surface area contributed by atoms with Gasteiger partial charge in [-0.3, -0.25) is 4.98 Å². The molecule has 0 aliphatic carbocycles. The molecule has 31 heavy (non-hydrogen) atoms. The Morgan fingerprint density at radius 1 is 1.06 bits per heavy atom. The fraction of sp³-hybridized carbons (Fsp3) is 0.458. The van der Waals surface area contributed by atoms with Crippen molar-refractivity contribution in [3.63, 3.8) is 0 Å². The Labute approximate surface area is 189 Å². The number of hydrogen-bond donors (Lipinski definition) is 1. The van der Waals surface area contributed by atoms with Gasteiger partial charge in [-0.25, -0.2) is 0 Å². The lowest BCUT2D eigenvalue weighted by molar-refractivity contribution is 0.160. The van der Waals surface area contributed by atoms with Crippen LogP contribution in [0.3, 0.4) is 0 Å². The van der Waals surface area contributed by atoms with Crippen molar-refractivity contribution in [2.75, 3.05) is 19.1 Å². The number of fused-ring (bicyclic) bond motifs is 1. The molecule has 1 aliphatic rings. The summed E-state index contributed by atoms with van der Waals surface area (Å²) in [5.41, 5.74) is 2.52. The van der Waals surface area contributed by atoms with Gasteiger partial charge >= 0.3 is 0 Å². The summed E-state index contributed by atoms with van der Waals surface area (Å²) in [5.74, 6) is 1.56. The molecule has 1 saturated heterocycles. The third-order valence-corrected chi connectivity index (χ3v) is 6.34. The number of nitrogens with zero attached hydrogens (tertiary/aromatic N) is 4. The van der Waals surface area contributed by atoms with Gasteiger partial charge in [0.25, 0.3) is 0 Å². The number of piperidine rings is 1. The van der Waals surface area contributed by atoms with Gasteiger partial charge in [0, 0.05) is 41.3 Å². The van der Waals surface area contributed by atoms with E-state index >= 15 is 0 Å². The van der Waals surface area contributed by atoms with Crippen molar-refractivity contribution >= 4 is 28.3 Å². The smallest absolute Gasteiger partial charge is 0.151 e. The predicted octanol–water partition coefficient (Wildman–Crippen LogP) is 5.10. The molecule has 0 saturated carbocycles. The first kappa shape index (κ1) is 21.8. The van der Waals surface area contributed by atoms with Crippen LogP contribution in [0.5, 0.6) is 5.75 Å². The third kappa shape index (κ3) is 4.46. The van der Waals surface area contributed by atoms with Crippen LogP contribution >= 0.6 is 11.6 Å². The molecule has 1 aliphatic heterocycles. The molecule has 1 aromatic carbocycles. The van der Waals surface area contributed by atoms with Crippen LogP contribution in [0.25, 0.3) is 22.2 Å². The molecule has 164 valence electrons. The number of anilines is 1. The number of methoxy groups -OCH3 is 1. The average Bonchev–Trinajstić information content (AvgIpc) is 2.70. The molecule has 1 fully saturated rings. The number of rotatable bonds is 4. The molecule has 6 nitrogen and oxygen atoms in total. The van der Waals surface area contributed by atoms with Crippen LogP contribution in [-0.4, -0.2) is 46.5 Å². The Kier molecular flexibility index (Phi) is 5.56. The largest absolute Gasteiger partial charge is 0.496 e. The molecule has 0 atom stereocenters. The van der Waals surface area contributed by atoms with E-state index in [-0.39, 0.29) is 11.1 Å². The van der Waals surface area contributed by atoms with Crippen LogP contribution in [-0.2, 0) is 0 Å². The van der Waals surface area contributed by atoms with Gasteiger partial charge in [-0.1, -0.05) is 11.6 Å². The van der Waals surface area contributed by atoms with Gasteiger partial charge in [0.15, 0.2) is 5.82 Å². The second-order valence-electron chi connectivity index (χ2n) is 9.70. The summed E-state index contributed by atoms with van der Waals surface area (Å²) in [6, 6.07) is 10.0. The van der Waals surface area contributed by atoms with E-state index < -0.39 is 0 Å². The van der Waals surface area contributed by atoms with Crippen molar-refractivity contribution in [3.8, 4) is 17.0 Å². The number of ether oxygens (including phenoxy) is 1. The zero-order valence-corrected chi connectivity index (χ0v) is 19.8. The van der Waals surface area contributed by atoms with E-state index in [4.69, 9.17) is 16.3 Å². The lowest BCUT2D eigenvalue weighted by Gasteiger charge is -2.49. The molecule has 0 radical (unpaired) electrons. The molecule has 0 amide bonds. The lowest BCUT2D eigenvalue weighted by atomic mass is 9.79. The van der Waals surface area contributed by atoms with Gasteiger partial charge in [0.1, 0.15) is 5.75 Å². The topological polar surface area (TPSA) is 63.2 Å². The van der Waals surface area contributed by atoms with Crippen molar-refractivity contribution in [2.45, 2.75) is 57.7 Å². The summed E-state index contributed by atoms with van der Waals surface area (Å²) in [6.07, 6.45) is 3.79. The van der Waals surface area contributed by atoms with Crippen molar-refractivity contribution in [2.24, 2.45) is 0 Å². The SMILES string of the molecule is COc1cc2c(Cl)ccnc2cc1-c1ccc(N(C)C2CC(C)(C)NC(C)(C)C2)nn1. The minimum absolute atomic E-state index is 0.0702. The first-order valence-electron chi connectivity index (χ1n) is 10.6. The highest BCUT2D eigenvalue weighted by molar-refractivity contribution is 6.35. The van der Waals surface area contributed by atoms with Crippen LogP contribution in [0.2, 0.25) is 5.02 Å². The predicted molar refractivity (Wildman–Crippen MR) is 127 cm³/mol. The van der Waals surface area contributed by atoms with Gasteiger partial charge in [0.05, 0.1) is 23.3 Å². The van der Waals surface area contributed by atoms with Crippen LogP contribution in [0.15, 0.2) is 36.5 Å².